The van der Waals surface area contributed by atoms with Gasteiger partial charge in [-0.05, 0) is 48.4 Å². The predicted octanol–water partition coefficient (Wildman–Crippen LogP) is 5.96. The van der Waals surface area contributed by atoms with E-state index in [0.29, 0.717) is 33.3 Å². The number of benzene rings is 3. The zero-order chi connectivity index (χ0) is 27.7. The van der Waals surface area contributed by atoms with Crippen LogP contribution in [0.3, 0.4) is 0 Å². The Balaban J connectivity index is 2.05. The van der Waals surface area contributed by atoms with E-state index in [4.69, 9.17) is 42.1 Å². The Labute approximate surface area is 229 Å². The molecule has 10 heteroatoms. The lowest BCUT2D eigenvalue weighted by Crippen LogP contribution is -2.30. The van der Waals surface area contributed by atoms with Crippen LogP contribution in [0.2, 0.25) is 10.0 Å². The van der Waals surface area contributed by atoms with Gasteiger partial charge in [-0.3, -0.25) is 14.5 Å². The number of aliphatic hydroxyl groups excluding tert-OH is 1. The Kier molecular flexibility index (Phi) is 7.76. The van der Waals surface area contributed by atoms with E-state index in [2.05, 4.69) is 0 Å². The number of carbonyl (C=O) groups excluding carboxylic acids is 2. The molecular formula is C28H25Cl2NO7. The fourth-order valence-electron chi connectivity index (χ4n) is 4.45. The van der Waals surface area contributed by atoms with Crippen LogP contribution in [0.25, 0.3) is 5.76 Å². The molecular weight excluding hydrogens is 533 g/mol. The molecule has 4 rings (SSSR count). The van der Waals surface area contributed by atoms with E-state index in [1.54, 1.807) is 43.3 Å². The summed E-state index contributed by atoms with van der Waals surface area (Å²) in [5.41, 5.74) is 1.57. The first kappa shape index (κ1) is 27.2. The maximum absolute atomic E-state index is 13.6. The smallest absolute Gasteiger partial charge is 0.300 e. The van der Waals surface area contributed by atoms with Gasteiger partial charge in [0.2, 0.25) is 0 Å². The number of nitrogens with zero attached hydrogens (tertiary/aromatic N) is 1. The van der Waals surface area contributed by atoms with Crippen LogP contribution in [0, 0.1) is 6.92 Å². The quantitative estimate of drug-likeness (QED) is 0.217. The maximum atomic E-state index is 13.6. The largest absolute Gasteiger partial charge is 0.507 e. The molecule has 1 fully saturated rings. The van der Waals surface area contributed by atoms with Gasteiger partial charge in [0.15, 0.2) is 11.5 Å². The molecule has 1 aliphatic rings. The summed E-state index contributed by atoms with van der Waals surface area (Å²) in [5.74, 6) is -0.923. The summed E-state index contributed by atoms with van der Waals surface area (Å²) in [7, 11) is 5.79. The number of ketones is 1. The van der Waals surface area contributed by atoms with Crippen molar-refractivity contribution in [3.63, 3.8) is 0 Å². The van der Waals surface area contributed by atoms with Crippen molar-refractivity contribution < 1.29 is 33.6 Å². The summed E-state index contributed by atoms with van der Waals surface area (Å²) in [6.07, 6.45) is 0. The van der Waals surface area contributed by atoms with Gasteiger partial charge >= 0.3 is 0 Å². The number of aliphatic hydroxyl groups is 1. The number of Topliss-reactive ketones (excluding diaryl/α,β-unsaturated/α-hetero) is 1. The minimum absolute atomic E-state index is 0.125. The number of aryl methyl sites for hydroxylation is 1. The lowest BCUT2D eigenvalue weighted by atomic mass is 9.94. The van der Waals surface area contributed by atoms with Gasteiger partial charge < -0.3 is 24.1 Å². The van der Waals surface area contributed by atoms with E-state index >= 15 is 0 Å². The minimum atomic E-state index is -1.04. The molecule has 1 atom stereocenters. The molecule has 0 spiro atoms. The molecule has 0 radical (unpaired) electrons. The first-order valence-corrected chi connectivity index (χ1v) is 12.1. The topological polar surface area (TPSA) is 94.5 Å². The van der Waals surface area contributed by atoms with Crippen LogP contribution in [0.5, 0.6) is 23.0 Å². The number of ether oxygens (including phenoxy) is 4. The number of hydrogen-bond donors (Lipinski definition) is 1. The van der Waals surface area contributed by atoms with Crippen LogP contribution in [0.1, 0.15) is 22.7 Å². The average Bonchev–Trinajstić information content (AvgIpc) is 3.18. The summed E-state index contributed by atoms with van der Waals surface area (Å²) in [5, 5.41) is 12.2. The van der Waals surface area contributed by atoms with Gasteiger partial charge in [0, 0.05) is 16.8 Å². The lowest BCUT2D eigenvalue weighted by Gasteiger charge is -2.27. The first-order chi connectivity index (χ1) is 18.2. The van der Waals surface area contributed by atoms with Crippen molar-refractivity contribution in [2.24, 2.45) is 0 Å². The lowest BCUT2D eigenvalue weighted by molar-refractivity contribution is -0.132. The number of hydrogen-bond acceptors (Lipinski definition) is 7. The van der Waals surface area contributed by atoms with E-state index in [-0.39, 0.29) is 27.7 Å². The molecule has 3 aromatic rings. The molecule has 1 heterocycles. The summed E-state index contributed by atoms with van der Waals surface area (Å²) in [6, 6.07) is 11.9. The van der Waals surface area contributed by atoms with Crippen LogP contribution in [0.15, 0.2) is 54.1 Å². The maximum Gasteiger partial charge on any atom is 0.300 e. The third-order valence-electron chi connectivity index (χ3n) is 6.33. The second-order valence-electron chi connectivity index (χ2n) is 8.40. The highest BCUT2D eigenvalue weighted by molar-refractivity contribution is 6.52. The molecule has 3 aromatic carbocycles. The Bertz CT molecular complexity index is 1470. The number of carbonyl (C=O) groups is 2. The second kappa shape index (κ2) is 10.8. The van der Waals surface area contributed by atoms with E-state index in [1.165, 1.54) is 45.5 Å². The Morgan fingerprint density at radius 2 is 1.47 bits per heavy atom. The van der Waals surface area contributed by atoms with Crippen molar-refractivity contribution in [3.8, 4) is 23.0 Å². The standard InChI is InChI=1S/C28H25Cl2NO7/c1-14-6-8-16(29)11-19(14)31-25(15-7-9-20(35-2)23(10-15)38-5)24(27(33)28(31)34)26(32)17-12-22(37-4)18(30)13-21(17)36-3/h6-13,25,32H,1-5H3/b26-24+. The Morgan fingerprint density at radius 1 is 0.816 bits per heavy atom. The van der Waals surface area contributed by atoms with Crippen LogP contribution >= 0.6 is 23.2 Å². The molecule has 0 aromatic heterocycles. The fourth-order valence-corrected chi connectivity index (χ4v) is 4.85. The van der Waals surface area contributed by atoms with Crippen molar-refractivity contribution >= 4 is 46.3 Å². The van der Waals surface area contributed by atoms with Gasteiger partial charge in [0.25, 0.3) is 11.7 Å². The molecule has 1 unspecified atom stereocenters. The van der Waals surface area contributed by atoms with Crippen molar-refractivity contribution in [1.29, 1.82) is 0 Å². The van der Waals surface area contributed by atoms with Crippen LogP contribution < -0.4 is 23.8 Å². The SMILES string of the molecule is COc1cc(/C(O)=C2\C(=O)C(=O)N(c3cc(Cl)ccc3C)C2c2ccc(OC)c(OC)c2)c(OC)cc1Cl. The van der Waals surface area contributed by atoms with Crippen molar-refractivity contribution in [3.05, 3.63) is 80.8 Å². The average molecular weight is 558 g/mol. The molecule has 38 heavy (non-hydrogen) atoms. The van der Waals surface area contributed by atoms with E-state index in [1.807, 2.05) is 0 Å². The van der Waals surface area contributed by atoms with Crippen LogP contribution in [-0.4, -0.2) is 45.2 Å². The van der Waals surface area contributed by atoms with Gasteiger partial charge in [-0.15, -0.1) is 0 Å². The zero-order valence-corrected chi connectivity index (χ0v) is 22.8. The number of rotatable bonds is 7. The number of amides is 1. The highest BCUT2D eigenvalue weighted by Gasteiger charge is 2.48. The molecule has 8 nitrogen and oxygen atoms in total. The molecule has 1 N–H and O–H groups in total. The number of methoxy groups -OCH3 is 4. The van der Waals surface area contributed by atoms with Crippen LogP contribution in [0.4, 0.5) is 5.69 Å². The van der Waals surface area contributed by atoms with E-state index in [9.17, 15) is 14.7 Å². The van der Waals surface area contributed by atoms with Gasteiger partial charge in [-0.1, -0.05) is 35.3 Å². The van der Waals surface area contributed by atoms with E-state index in [0.717, 1.165) is 0 Å². The molecule has 1 amide bonds. The van der Waals surface area contributed by atoms with E-state index < -0.39 is 23.5 Å². The molecule has 0 bridgehead atoms. The molecule has 1 aliphatic heterocycles. The highest BCUT2D eigenvalue weighted by Crippen LogP contribution is 2.47. The van der Waals surface area contributed by atoms with Gasteiger partial charge in [0.05, 0.1) is 50.6 Å². The molecule has 198 valence electrons. The third-order valence-corrected chi connectivity index (χ3v) is 6.86. The van der Waals surface area contributed by atoms with Gasteiger partial charge in [-0.2, -0.15) is 0 Å². The number of anilines is 1. The van der Waals surface area contributed by atoms with Gasteiger partial charge in [0.1, 0.15) is 17.3 Å². The highest BCUT2D eigenvalue weighted by atomic mass is 35.5. The molecule has 1 saturated heterocycles. The normalized spacial score (nSPS) is 16.5. The Hall–Kier alpha value is -3.88. The summed E-state index contributed by atoms with van der Waals surface area (Å²) in [6.45, 7) is 1.80. The Morgan fingerprint density at radius 3 is 2.11 bits per heavy atom. The van der Waals surface area contributed by atoms with Crippen molar-refractivity contribution in [1.82, 2.24) is 0 Å². The second-order valence-corrected chi connectivity index (χ2v) is 9.25. The monoisotopic (exact) mass is 557 g/mol. The summed E-state index contributed by atoms with van der Waals surface area (Å²) in [4.78, 5) is 28.5. The van der Waals surface area contributed by atoms with Gasteiger partial charge in [-0.25, -0.2) is 0 Å². The van der Waals surface area contributed by atoms with Crippen LogP contribution in [-0.2, 0) is 9.59 Å². The predicted molar refractivity (Wildman–Crippen MR) is 145 cm³/mol. The summed E-state index contributed by atoms with van der Waals surface area (Å²) < 4.78 is 21.6. The fraction of sp³-hybridized carbons (Fsp3) is 0.214. The van der Waals surface area contributed by atoms with Crippen molar-refractivity contribution in [2.45, 2.75) is 13.0 Å². The molecule has 0 saturated carbocycles. The first-order valence-electron chi connectivity index (χ1n) is 11.4. The molecule has 0 aliphatic carbocycles. The zero-order valence-electron chi connectivity index (χ0n) is 21.3. The summed E-state index contributed by atoms with van der Waals surface area (Å²) >= 11 is 12.5. The number of halogens is 2. The van der Waals surface area contributed by atoms with Crippen molar-refractivity contribution in [2.75, 3.05) is 33.3 Å². The third kappa shape index (κ3) is 4.61. The minimum Gasteiger partial charge on any atom is -0.507 e.